The first-order valence-electron chi connectivity index (χ1n) is 5.37. The van der Waals surface area contributed by atoms with Crippen molar-refractivity contribution < 1.29 is 9.59 Å². The van der Waals surface area contributed by atoms with E-state index < -0.39 is 5.91 Å². The highest BCUT2D eigenvalue weighted by Crippen LogP contribution is 2.13. The second-order valence-electron chi connectivity index (χ2n) is 3.94. The summed E-state index contributed by atoms with van der Waals surface area (Å²) in [5.74, 6) is -0.436. The maximum Gasteiger partial charge on any atom is 0.253 e. The Labute approximate surface area is 94.0 Å². The van der Waals surface area contributed by atoms with Crippen molar-refractivity contribution in [1.29, 1.82) is 0 Å². The van der Waals surface area contributed by atoms with E-state index in [9.17, 15) is 9.59 Å². The van der Waals surface area contributed by atoms with Crippen LogP contribution in [0.3, 0.4) is 0 Å². The van der Waals surface area contributed by atoms with Crippen molar-refractivity contribution in [3.05, 3.63) is 35.4 Å². The van der Waals surface area contributed by atoms with E-state index in [1.807, 2.05) is 4.90 Å². The van der Waals surface area contributed by atoms with Crippen LogP contribution in [0.4, 0.5) is 0 Å². The Hall–Kier alpha value is -1.84. The molecule has 0 aromatic heterocycles. The lowest BCUT2D eigenvalue weighted by molar-refractivity contribution is 0.0792. The summed E-state index contributed by atoms with van der Waals surface area (Å²) < 4.78 is 0. The lowest BCUT2D eigenvalue weighted by Crippen LogP contribution is -2.27. The Bertz CT molecular complexity index is 406. The zero-order valence-corrected chi connectivity index (χ0v) is 8.98. The quantitative estimate of drug-likeness (QED) is 0.805. The first-order chi connectivity index (χ1) is 7.68. The number of benzene rings is 1. The minimum Gasteiger partial charge on any atom is -0.366 e. The summed E-state index contributed by atoms with van der Waals surface area (Å²) in [7, 11) is 0. The third kappa shape index (κ3) is 2.05. The van der Waals surface area contributed by atoms with Crippen molar-refractivity contribution in [2.24, 2.45) is 5.73 Å². The van der Waals surface area contributed by atoms with E-state index in [0.717, 1.165) is 25.9 Å². The van der Waals surface area contributed by atoms with Gasteiger partial charge in [0, 0.05) is 24.2 Å². The van der Waals surface area contributed by atoms with Crippen LogP contribution in [0.15, 0.2) is 24.3 Å². The van der Waals surface area contributed by atoms with Gasteiger partial charge in [0.2, 0.25) is 5.91 Å². The van der Waals surface area contributed by atoms with Crippen LogP contribution >= 0.6 is 0 Å². The summed E-state index contributed by atoms with van der Waals surface area (Å²) in [4.78, 5) is 24.6. The molecule has 1 aliphatic rings. The maximum atomic E-state index is 11.9. The summed E-state index contributed by atoms with van der Waals surface area (Å²) in [6.45, 7) is 1.66. The predicted octanol–water partition coefficient (Wildman–Crippen LogP) is 1.02. The third-order valence-electron chi connectivity index (χ3n) is 2.81. The summed E-state index contributed by atoms with van der Waals surface area (Å²) >= 11 is 0. The standard InChI is InChI=1S/C12H14N2O2/c13-11(15)9-3-5-10(6-4-9)12(16)14-7-1-2-8-14/h3-6H,1-2,7-8H2,(H2,13,15). The van der Waals surface area contributed by atoms with Gasteiger partial charge in [0.15, 0.2) is 0 Å². The molecule has 4 nitrogen and oxygen atoms in total. The molecule has 16 heavy (non-hydrogen) atoms. The number of primary amides is 1. The van der Waals surface area contributed by atoms with Crippen LogP contribution < -0.4 is 5.73 Å². The van der Waals surface area contributed by atoms with Gasteiger partial charge in [-0.1, -0.05) is 0 Å². The van der Waals surface area contributed by atoms with Crippen molar-refractivity contribution in [2.75, 3.05) is 13.1 Å². The van der Waals surface area contributed by atoms with Gasteiger partial charge in [0.05, 0.1) is 0 Å². The number of carbonyl (C=O) groups is 2. The Kier molecular flexibility index (Phi) is 2.90. The number of carbonyl (C=O) groups excluding carboxylic acids is 2. The third-order valence-corrected chi connectivity index (χ3v) is 2.81. The molecule has 0 radical (unpaired) electrons. The van der Waals surface area contributed by atoms with Crippen LogP contribution in [0.5, 0.6) is 0 Å². The van der Waals surface area contributed by atoms with E-state index in [1.54, 1.807) is 24.3 Å². The van der Waals surface area contributed by atoms with Crippen LogP contribution in [0.2, 0.25) is 0 Å². The molecule has 0 bridgehead atoms. The average Bonchev–Trinajstić information content (AvgIpc) is 2.81. The molecule has 2 N–H and O–H groups in total. The molecular weight excluding hydrogens is 204 g/mol. The molecule has 1 aromatic rings. The van der Waals surface area contributed by atoms with E-state index in [1.165, 1.54) is 0 Å². The monoisotopic (exact) mass is 218 g/mol. The SMILES string of the molecule is NC(=O)c1ccc(C(=O)N2CCCC2)cc1. The number of amides is 2. The van der Waals surface area contributed by atoms with Crippen LogP contribution in [-0.4, -0.2) is 29.8 Å². The molecule has 1 heterocycles. The minimum absolute atomic E-state index is 0.0357. The van der Waals surface area contributed by atoms with E-state index in [2.05, 4.69) is 0 Å². The number of hydrogen-bond acceptors (Lipinski definition) is 2. The number of nitrogens with two attached hydrogens (primary N) is 1. The van der Waals surface area contributed by atoms with Gasteiger partial charge in [-0.25, -0.2) is 0 Å². The molecule has 2 amide bonds. The van der Waals surface area contributed by atoms with Gasteiger partial charge in [0.1, 0.15) is 0 Å². The van der Waals surface area contributed by atoms with E-state index in [4.69, 9.17) is 5.73 Å². The second-order valence-corrected chi connectivity index (χ2v) is 3.94. The van der Waals surface area contributed by atoms with Gasteiger partial charge in [-0.2, -0.15) is 0 Å². The van der Waals surface area contributed by atoms with Crippen molar-refractivity contribution in [3.8, 4) is 0 Å². The zero-order valence-electron chi connectivity index (χ0n) is 8.98. The van der Waals surface area contributed by atoms with Crippen LogP contribution in [-0.2, 0) is 0 Å². The second kappa shape index (κ2) is 4.35. The number of nitrogens with zero attached hydrogens (tertiary/aromatic N) is 1. The molecule has 2 rings (SSSR count). The molecule has 84 valence electrons. The van der Waals surface area contributed by atoms with Crippen molar-refractivity contribution in [1.82, 2.24) is 4.90 Å². The normalized spacial score (nSPS) is 15.1. The lowest BCUT2D eigenvalue weighted by Gasteiger charge is -2.15. The predicted molar refractivity (Wildman–Crippen MR) is 60.1 cm³/mol. The van der Waals surface area contributed by atoms with Gasteiger partial charge in [0.25, 0.3) is 5.91 Å². The highest BCUT2D eigenvalue weighted by molar-refractivity contribution is 5.97. The lowest BCUT2D eigenvalue weighted by atomic mass is 10.1. The molecule has 0 atom stereocenters. The summed E-state index contributed by atoms with van der Waals surface area (Å²) in [5, 5.41) is 0. The number of hydrogen-bond donors (Lipinski definition) is 1. The molecular formula is C12H14N2O2. The summed E-state index contributed by atoms with van der Waals surface area (Å²) in [5.41, 5.74) is 6.17. The van der Waals surface area contributed by atoms with Crippen LogP contribution in [0.25, 0.3) is 0 Å². The van der Waals surface area contributed by atoms with Crippen molar-refractivity contribution >= 4 is 11.8 Å². The topological polar surface area (TPSA) is 63.4 Å². The first-order valence-corrected chi connectivity index (χ1v) is 5.37. The molecule has 0 saturated carbocycles. The first kappa shape index (κ1) is 10.7. The van der Waals surface area contributed by atoms with Gasteiger partial charge in [-0.3, -0.25) is 9.59 Å². The van der Waals surface area contributed by atoms with Crippen molar-refractivity contribution in [3.63, 3.8) is 0 Å². The van der Waals surface area contributed by atoms with Gasteiger partial charge in [-0.05, 0) is 37.1 Å². The smallest absolute Gasteiger partial charge is 0.253 e. The van der Waals surface area contributed by atoms with E-state index in [0.29, 0.717) is 11.1 Å². The molecule has 0 spiro atoms. The molecule has 1 aliphatic heterocycles. The number of likely N-dealkylation sites (tertiary alicyclic amines) is 1. The Balaban J connectivity index is 2.14. The zero-order chi connectivity index (χ0) is 11.5. The molecule has 1 fully saturated rings. The number of rotatable bonds is 2. The van der Waals surface area contributed by atoms with Gasteiger partial charge < -0.3 is 10.6 Å². The van der Waals surface area contributed by atoms with E-state index >= 15 is 0 Å². The average molecular weight is 218 g/mol. The molecule has 0 unspecified atom stereocenters. The van der Waals surface area contributed by atoms with Gasteiger partial charge in [-0.15, -0.1) is 0 Å². The highest BCUT2D eigenvalue weighted by atomic mass is 16.2. The molecule has 0 aliphatic carbocycles. The summed E-state index contributed by atoms with van der Waals surface area (Å²) in [6, 6.07) is 6.48. The summed E-state index contributed by atoms with van der Waals surface area (Å²) in [6.07, 6.45) is 2.15. The fourth-order valence-corrected chi connectivity index (χ4v) is 1.88. The minimum atomic E-state index is -0.472. The van der Waals surface area contributed by atoms with Crippen molar-refractivity contribution in [2.45, 2.75) is 12.8 Å². The van der Waals surface area contributed by atoms with E-state index in [-0.39, 0.29) is 5.91 Å². The molecule has 1 aromatic carbocycles. The Morgan fingerprint density at radius 2 is 1.50 bits per heavy atom. The maximum absolute atomic E-state index is 11.9. The largest absolute Gasteiger partial charge is 0.366 e. The Morgan fingerprint density at radius 1 is 1.00 bits per heavy atom. The molecule has 4 heteroatoms. The highest BCUT2D eigenvalue weighted by Gasteiger charge is 2.19. The fourth-order valence-electron chi connectivity index (χ4n) is 1.88. The van der Waals surface area contributed by atoms with Gasteiger partial charge >= 0.3 is 0 Å². The Morgan fingerprint density at radius 3 is 2.00 bits per heavy atom. The molecule has 1 saturated heterocycles. The van der Waals surface area contributed by atoms with Crippen LogP contribution in [0, 0.1) is 0 Å². The fraction of sp³-hybridized carbons (Fsp3) is 0.333. The van der Waals surface area contributed by atoms with Crippen LogP contribution in [0.1, 0.15) is 33.6 Å².